The number of nitrogens with one attached hydrogen (secondary N) is 2. The van der Waals surface area contributed by atoms with E-state index in [1.54, 1.807) is 4.90 Å². The van der Waals surface area contributed by atoms with Crippen LogP contribution in [0, 0.1) is 0 Å². The van der Waals surface area contributed by atoms with Crippen LogP contribution in [0.3, 0.4) is 0 Å². The van der Waals surface area contributed by atoms with Crippen LogP contribution in [-0.2, 0) is 11.2 Å². The number of carbonyl (C=O) groups is 1. The SMILES string of the molecule is O=C1/C(=C/c2cccc(-c3ccc4cc[nH]c4c3)c2)SC(=S)N1CCCc1nn[nH]n1. The molecular weight excluding hydrogens is 428 g/mol. The normalized spacial score (nSPS) is 15.5. The van der Waals surface area contributed by atoms with Crippen LogP contribution in [0.5, 0.6) is 0 Å². The van der Waals surface area contributed by atoms with Gasteiger partial charge in [-0.1, -0.05) is 59.5 Å². The number of thiocarbonyl (C=S) groups is 1. The minimum Gasteiger partial charge on any atom is -0.361 e. The molecule has 4 aromatic rings. The summed E-state index contributed by atoms with van der Waals surface area (Å²) in [6, 6.07) is 16.6. The number of rotatable bonds is 6. The Labute approximate surface area is 187 Å². The van der Waals surface area contributed by atoms with Gasteiger partial charge in [-0.2, -0.15) is 5.21 Å². The molecular formula is C22H18N6OS2. The van der Waals surface area contributed by atoms with Crippen LogP contribution in [0.4, 0.5) is 0 Å². The van der Waals surface area contributed by atoms with Gasteiger partial charge in [-0.15, -0.1) is 10.2 Å². The van der Waals surface area contributed by atoms with Gasteiger partial charge in [-0.05, 0) is 52.8 Å². The number of aromatic amines is 2. The zero-order valence-corrected chi connectivity index (χ0v) is 18.0. The molecule has 3 heterocycles. The number of tetrazole rings is 1. The van der Waals surface area contributed by atoms with Gasteiger partial charge in [0.2, 0.25) is 0 Å². The van der Waals surface area contributed by atoms with E-state index < -0.39 is 0 Å². The standard InChI is InChI=1S/C22H18N6OS2/c29-21-19(31-22(30)28(21)10-2-5-20-24-26-27-25-20)12-14-3-1-4-16(11-14)17-7-6-15-8-9-23-18(15)13-17/h1,3-4,6-9,11-13,23H,2,5,10H2,(H,24,25,26,27)/b19-12-. The lowest BCUT2D eigenvalue weighted by Gasteiger charge is -2.13. The van der Waals surface area contributed by atoms with Crippen LogP contribution in [0.1, 0.15) is 17.8 Å². The largest absolute Gasteiger partial charge is 0.361 e. The number of hydrogen-bond acceptors (Lipinski definition) is 6. The summed E-state index contributed by atoms with van der Waals surface area (Å²) in [6.07, 6.45) is 5.21. The van der Waals surface area contributed by atoms with E-state index in [0.29, 0.717) is 28.0 Å². The molecule has 1 saturated heterocycles. The highest BCUT2D eigenvalue weighted by Gasteiger charge is 2.31. The van der Waals surface area contributed by atoms with Gasteiger partial charge in [0.05, 0.1) is 4.91 Å². The second-order valence-electron chi connectivity index (χ2n) is 7.17. The summed E-state index contributed by atoms with van der Waals surface area (Å²) < 4.78 is 0.581. The van der Waals surface area contributed by atoms with Crippen LogP contribution in [0.15, 0.2) is 59.6 Å². The Kier molecular flexibility index (Phi) is 5.35. The maximum absolute atomic E-state index is 12.9. The predicted octanol–water partition coefficient (Wildman–Crippen LogP) is 4.18. The maximum atomic E-state index is 12.9. The smallest absolute Gasteiger partial charge is 0.266 e. The Morgan fingerprint density at radius 3 is 2.90 bits per heavy atom. The Bertz CT molecular complexity index is 1290. The minimum absolute atomic E-state index is 0.0543. The van der Waals surface area contributed by atoms with Gasteiger partial charge in [0.25, 0.3) is 5.91 Å². The van der Waals surface area contributed by atoms with E-state index in [0.717, 1.165) is 28.6 Å². The van der Waals surface area contributed by atoms with Gasteiger partial charge in [0, 0.05) is 24.7 Å². The van der Waals surface area contributed by atoms with E-state index in [1.807, 2.05) is 24.4 Å². The molecule has 0 radical (unpaired) electrons. The first-order valence-corrected chi connectivity index (χ1v) is 11.1. The first kappa shape index (κ1) is 19.7. The summed E-state index contributed by atoms with van der Waals surface area (Å²) in [5, 5.41) is 15.0. The van der Waals surface area contributed by atoms with Crippen LogP contribution in [0.25, 0.3) is 28.1 Å². The number of carbonyl (C=O) groups excluding carboxylic acids is 1. The van der Waals surface area contributed by atoms with Crippen LogP contribution < -0.4 is 0 Å². The number of aryl methyl sites for hydroxylation is 1. The first-order valence-electron chi connectivity index (χ1n) is 9.83. The maximum Gasteiger partial charge on any atom is 0.266 e. The second-order valence-corrected chi connectivity index (χ2v) is 8.85. The van der Waals surface area contributed by atoms with Crippen LogP contribution in [0.2, 0.25) is 0 Å². The molecule has 0 saturated carbocycles. The van der Waals surface area contributed by atoms with Crippen LogP contribution >= 0.6 is 24.0 Å². The molecule has 9 heteroatoms. The summed E-state index contributed by atoms with van der Waals surface area (Å²) in [6.45, 7) is 0.534. The van der Waals surface area contributed by atoms with E-state index >= 15 is 0 Å². The summed E-state index contributed by atoms with van der Waals surface area (Å²) in [5.74, 6) is 0.580. The fraction of sp³-hybridized carbons (Fsp3) is 0.136. The monoisotopic (exact) mass is 446 g/mol. The number of thioether (sulfide) groups is 1. The Morgan fingerprint density at radius 1 is 1.13 bits per heavy atom. The van der Waals surface area contributed by atoms with Crippen molar-refractivity contribution in [3.05, 3.63) is 71.0 Å². The van der Waals surface area contributed by atoms with E-state index in [2.05, 4.69) is 62.0 Å². The molecule has 2 aromatic heterocycles. The van der Waals surface area contributed by atoms with Gasteiger partial charge in [0.15, 0.2) is 5.82 Å². The quantitative estimate of drug-likeness (QED) is 0.341. The molecule has 0 atom stereocenters. The summed E-state index contributed by atoms with van der Waals surface area (Å²) in [4.78, 5) is 18.4. The molecule has 1 amide bonds. The van der Waals surface area contributed by atoms with Crippen molar-refractivity contribution in [2.75, 3.05) is 6.54 Å². The predicted molar refractivity (Wildman–Crippen MR) is 126 cm³/mol. The molecule has 7 nitrogen and oxygen atoms in total. The summed E-state index contributed by atoms with van der Waals surface area (Å²) in [7, 11) is 0. The molecule has 5 rings (SSSR count). The van der Waals surface area contributed by atoms with E-state index in [4.69, 9.17) is 12.2 Å². The Hall–Kier alpha value is -3.30. The van der Waals surface area contributed by atoms with Crippen molar-refractivity contribution < 1.29 is 4.79 Å². The number of amides is 1. The van der Waals surface area contributed by atoms with Gasteiger partial charge in [-0.3, -0.25) is 9.69 Å². The van der Waals surface area contributed by atoms with E-state index in [9.17, 15) is 4.79 Å². The molecule has 1 aliphatic heterocycles. The number of hydrogen-bond donors (Lipinski definition) is 2. The van der Waals surface area contributed by atoms with Gasteiger partial charge < -0.3 is 4.98 Å². The molecule has 2 aromatic carbocycles. The number of fused-ring (bicyclic) bond motifs is 1. The molecule has 31 heavy (non-hydrogen) atoms. The van der Waals surface area contributed by atoms with Crippen molar-refractivity contribution in [3.8, 4) is 11.1 Å². The molecule has 0 bridgehead atoms. The first-order chi connectivity index (χ1) is 15.2. The third kappa shape index (κ3) is 4.14. The van der Waals surface area contributed by atoms with Gasteiger partial charge >= 0.3 is 0 Å². The van der Waals surface area contributed by atoms with E-state index in [-0.39, 0.29) is 5.91 Å². The summed E-state index contributed by atoms with van der Waals surface area (Å²) >= 11 is 6.78. The fourth-order valence-corrected chi connectivity index (χ4v) is 4.87. The number of aromatic nitrogens is 5. The molecule has 1 aliphatic rings. The van der Waals surface area contributed by atoms with Crippen molar-refractivity contribution >= 4 is 51.2 Å². The van der Waals surface area contributed by atoms with Crippen molar-refractivity contribution in [1.29, 1.82) is 0 Å². The molecule has 0 aliphatic carbocycles. The molecule has 1 fully saturated rings. The topological polar surface area (TPSA) is 90.6 Å². The minimum atomic E-state index is -0.0543. The highest BCUT2D eigenvalue weighted by atomic mass is 32.2. The highest BCUT2D eigenvalue weighted by molar-refractivity contribution is 8.26. The van der Waals surface area contributed by atoms with Crippen LogP contribution in [-0.4, -0.2) is 47.3 Å². The van der Waals surface area contributed by atoms with Gasteiger partial charge in [0.1, 0.15) is 4.32 Å². The van der Waals surface area contributed by atoms with Crippen molar-refractivity contribution in [3.63, 3.8) is 0 Å². The molecule has 0 unspecified atom stereocenters. The average Bonchev–Trinajstić information content (AvgIpc) is 3.51. The third-order valence-electron chi connectivity index (χ3n) is 5.12. The summed E-state index contributed by atoms with van der Waals surface area (Å²) in [5.41, 5.74) is 4.29. The fourth-order valence-electron chi connectivity index (χ4n) is 3.56. The number of nitrogens with zero attached hydrogens (tertiary/aromatic N) is 4. The molecule has 2 N–H and O–H groups in total. The van der Waals surface area contributed by atoms with Crippen molar-refractivity contribution in [1.82, 2.24) is 30.5 Å². The average molecular weight is 447 g/mol. The third-order valence-corrected chi connectivity index (χ3v) is 6.50. The Balaban J connectivity index is 1.32. The second kappa shape index (κ2) is 8.44. The lowest BCUT2D eigenvalue weighted by Crippen LogP contribution is -2.29. The zero-order chi connectivity index (χ0) is 21.2. The zero-order valence-electron chi connectivity index (χ0n) is 16.4. The van der Waals surface area contributed by atoms with Crippen molar-refractivity contribution in [2.24, 2.45) is 0 Å². The Morgan fingerprint density at radius 2 is 2.03 bits per heavy atom. The molecule has 154 valence electrons. The van der Waals surface area contributed by atoms with Gasteiger partial charge in [-0.25, -0.2) is 0 Å². The number of H-pyrrole nitrogens is 2. The van der Waals surface area contributed by atoms with Crippen molar-refractivity contribution in [2.45, 2.75) is 12.8 Å². The number of benzene rings is 2. The molecule has 0 spiro atoms. The lowest BCUT2D eigenvalue weighted by molar-refractivity contribution is -0.122. The highest BCUT2D eigenvalue weighted by Crippen LogP contribution is 2.33. The van der Waals surface area contributed by atoms with E-state index in [1.165, 1.54) is 17.1 Å². The lowest BCUT2D eigenvalue weighted by atomic mass is 10.0.